The topological polar surface area (TPSA) is 58.4 Å². The third-order valence-electron chi connectivity index (χ3n) is 3.25. The van der Waals surface area contributed by atoms with Crippen molar-refractivity contribution in [2.75, 3.05) is 19.6 Å². The Hall–Kier alpha value is -0.610. The number of nitrogens with two attached hydrogens (primary N) is 1. The van der Waals surface area contributed by atoms with Crippen LogP contribution in [0.25, 0.3) is 0 Å². The third kappa shape index (κ3) is 5.50. The van der Waals surface area contributed by atoms with Crippen LogP contribution in [0.3, 0.4) is 0 Å². The van der Waals surface area contributed by atoms with Crippen LogP contribution in [0.5, 0.6) is 0 Å². The van der Waals surface area contributed by atoms with E-state index >= 15 is 0 Å². The van der Waals surface area contributed by atoms with Crippen molar-refractivity contribution in [1.82, 2.24) is 10.2 Å². The molecule has 0 bridgehead atoms. The highest BCUT2D eigenvalue weighted by Gasteiger charge is 2.30. The van der Waals surface area contributed by atoms with Gasteiger partial charge >= 0.3 is 0 Å². The molecule has 1 amide bonds. The summed E-state index contributed by atoms with van der Waals surface area (Å²) in [7, 11) is 0. The molecule has 1 unspecified atom stereocenters. The molecule has 0 aromatic heterocycles. The quantitative estimate of drug-likeness (QED) is 0.643. The summed E-state index contributed by atoms with van der Waals surface area (Å²) in [5, 5.41) is 3.19. The highest BCUT2D eigenvalue weighted by Crippen LogP contribution is 2.12. The van der Waals surface area contributed by atoms with Crippen molar-refractivity contribution in [1.29, 1.82) is 0 Å². The van der Waals surface area contributed by atoms with E-state index in [2.05, 4.69) is 31.0 Å². The molecule has 3 N–H and O–H groups in total. The summed E-state index contributed by atoms with van der Waals surface area (Å²) in [6, 6.07) is 0.508. The lowest BCUT2D eigenvalue weighted by Crippen LogP contribution is -2.54. The van der Waals surface area contributed by atoms with Crippen LogP contribution in [0, 0.1) is 0 Å². The monoisotopic (exact) mass is 243 g/mol. The Morgan fingerprint density at radius 1 is 1.35 bits per heavy atom. The van der Waals surface area contributed by atoms with Crippen LogP contribution >= 0.6 is 0 Å². The van der Waals surface area contributed by atoms with Crippen molar-refractivity contribution in [2.24, 2.45) is 5.73 Å². The van der Waals surface area contributed by atoms with E-state index in [1.54, 1.807) is 0 Å². The summed E-state index contributed by atoms with van der Waals surface area (Å²) in [5.41, 5.74) is 4.89. The lowest BCUT2D eigenvalue weighted by atomic mass is 9.96. The minimum absolute atomic E-state index is 0.264. The second-order valence-electron chi connectivity index (χ2n) is 5.11. The van der Waals surface area contributed by atoms with Crippen molar-refractivity contribution in [2.45, 2.75) is 59.0 Å². The zero-order valence-corrected chi connectivity index (χ0v) is 12.0. The maximum Gasteiger partial charge on any atom is 0.237 e. The summed E-state index contributed by atoms with van der Waals surface area (Å²) in [6.07, 6.45) is 1.89. The summed E-state index contributed by atoms with van der Waals surface area (Å²) < 4.78 is 0. The summed E-state index contributed by atoms with van der Waals surface area (Å²) in [6.45, 7) is 13.2. The lowest BCUT2D eigenvalue weighted by Gasteiger charge is -2.32. The fourth-order valence-corrected chi connectivity index (χ4v) is 1.97. The first-order valence-electron chi connectivity index (χ1n) is 6.66. The van der Waals surface area contributed by atoms with E-state index in [4.69, 9.17) is 5.73 Å². The molecule has 0 radical (unpaired) electrons. The average Bonchev–Trinajstić information content (AvgIpc) is 2.23. The number of likely N-dealkylation sites (N-methyl/N-ethyl adjacent to an activating group) is 1. The molecule has 0 aliphatic heterocycles. The Labute approximate surface area is 106 Å². The Morgan fingerprint density at radius 3 is 2.29 bits per heavy atom. The highest BCUT2D eigenvalue weighted by molar-refractivity contribution is 5.84. The molecule has 0 aliphatic rings. The van der Waals surface area contributed by atoms with E-state index in [0.29, 0.717) is 6.04 Å². The van der Waals surface area contributed by atoms with Gasteiger partial charge in [0.15, 0.2) is 0 Å². The van der Waals surface area contributed by atoms with Gasteiger partial charge in [-0.3, -0.25) is 4.79 Å². The van der Waals surface area contributed by atoms with Gasteiger partial charge in [0.05, 0.1) is 5.54 Å². The van der Waals surface area contributed by atoms with Crippen molar-refractivity contribution >= 4 is 5.91 Å². The van der Waals surface area contributed by atoms with Crippen molar-refractivity contribution in [3.63, 3.8) is 0 Å². The van der Waals surface area contributed by atoms with Crippen LogP contribution in [-0.4, -0.2) is 42.0 Å². The van der Waals surface area contributed by atoms with E-state index in [9.17, 15) is 4.79 Å². The van der Waals surface area contributed by atoms with Gasteiger partial charge in [0, 0.05) is 12.6 Å². The molecule has 0 fully saturated rings. The minimum Gasteiger partial charge on any atom is -0.368 e. The van der Waals surface area contributed by atoms with E-state index in [1.807, 2.05) is 13.8 Å². The van der Waals surface area contributed by atoms with Gasteiger partial charge in [-0.2, -0.15) is 0 Å². The lowest BCUT2D eigenvalue weighted by molar-refractivity contribution is -0.124. The minimum atomic E-state index is -0.588. The van der Waals surface area contributed by atoms with E-state index in [1.165, 1.54) is 0 Å². The number of nitrogens with one attached hydrogen (secondary N) is 1. The van der Waals surface area contributed by atoms with Gasteiger partial charge in [-0.1, -0.05) is 13.8 Å². The predicted octanol–water partition coefficient (Wildman–Crippen LogP) is 1.35. The van der Waals surface area contributed by atoms with Crippen LogP contribution in [0.2, 0.25) is 0 Å². The van der Waals surface area contributed by atoms with Gasteiger partial charge < -0.3 is 16.0 Å². The molecule has 102 valence electrons. The molecule has 0 saturated heterocycles. The number of hydrogen-bond acceptors (Lipinski definition) is 3. The molecule has 4 heteroatoms. The molecular formula is C13H29N3O. The van der Waals surface area contributed by atoms with Gasteiger partial charge in [-0.05, 0) is 46.7 Å². The zero-order valence-electron chi connectivity index (χ0n) is 12.0. The zero-order chi connectivity index (χ0) is 13.5. The van der Waals surface area contributed by atoms with Gasteiger partial charge in [0.2, 0.25) is 5.91 Å². The smallest absolute Gasteiger partial charge is 0.237 e. The van der Waals surface area contributed by atoms with Crippen molar-refractivity contribution < 1.29 is 4.79 Å². The molecule has 0 aromatic carbocycles. The molecule has 1 atom stereocenters. The fraction of sp³-hybridized carbons (Fsp3) is 0.923. The SMILES string of the molecule is CCCN(CCC(C)(NCC)C(N)=O)C(C)C. The summed E-state index contributed by atoms with van der Waals surface area (Å²) >= 11 is 0. The van der Waals surface area contributed by atoms with Crippen LogP contribution < -0.4 is 11.1 Å². The molecule has 4 nitrogen and oxygen atoms in total. The fourth-order valence-electron chi connectivity index (χ4n) is 1.97. The van der Waals surface area contributed by atoms with Gasteiger partial charge in [0.25, 0.3) is 0 Å². The number of nitrogens with zero attached hydrogens (tertiary/aromatic N) is 1. The van der Waals surface area contributed by atoms with Gasteiger partial charge in [-0.15, -0.1) is 0 Å². The van der Waals surface area contributed by atoms with Crippen LogP contribution in [-0.2, 0) is 4.79 Å². The molecular weight excluding hydrogens is 214 g/mol. The number of primary amides is 1. The molecule has 0 aliphatic carbocycles. The third-order valence-corrected chi connectivity index (χ3v) is 3.25. The first kappa shape index (κ1) is 16.4. The molecule has 0 saturated carbocycles. The molecule has 0 aromatic rings. The molecule has 0 spiro atoms. The van der Waals surface area contributed by atoms with Gasteiger partial charge in [-0.25, -0.2) is 0 Å². The van der Waals surface area contributed by atoms with E-state index in [-0.39, 0.29) is 5.91 Å². The Morgan fingerprint density at radius 2 is 1.94 bits per heavy atom. The highest BCUT2D eigenvalue weighted by atomic mass is 16.1. The van der Waals surface area contributed by atoms with Gasteiger partial charge in [0.1, 0.15) is 0 Å². The van der Waals surface area contributed by atoms with Crippen LogP contribution in [0.15, 0.2) is 0 Å². The number of hydrogen-bond donors (Lipinski definition) is 2. The second-order valence-corrected chi connectivity index (χ2v) is 5.11. The number of carbonyl (C=O) groups excluding carboxylic acids is 1. The maximum atomic E-state index is 11.5. The Bertz CT molecular complexity index is 231. The first-order valence-corrected chi connectivity index (χ1v) is 6.66. The Balaban J connectivity index is 4.41. The largest absolute Gasteiger partial charge is 0.368 e. The Kier molecular flexibility index (Phi) is 7.39. The molecule has 0 rings (SSSR count). The predicted molar refractivity (Wildman–Crippen MR) is 72.9 cm³/mol. The van der Waals surface area contributed by atoms with E-state index < -0.39 is 5.54 Å². The summed E-state index contributed by atoms with van der Waals surface area (Å²) in [5.74, 6) is -0.264. The van der Waals surface area contributed by atoms with Crippen LogP contribution in [0.4, 0.5) is 0 Å². The van der Waals surface area contributed by atoms with Crippen molar-refractivity contribution in [3.8, 4) is 0 Å². The number of carbonyl (C=O) groups is 1. The van der Waals surface area contributed by atoms with Crippen LogP contribution in [0.1, 0.15) is 47.5 Å². The second kappa shape index (κ2) is 7.67. The first-order chi connectivity index (χ1) is 7.87. The van der Waals surface area contributed by atoms with E-state index in [0.717, 1.165) is 32.5 Å². The number of rotatable bonds is 9. The normalized spacial score (nSPS) is 15.2. The maximum absolute atomic E-state index is 11.5. The molecule has 0 heterocycles. The number of amides is 1. The average molecular weight is 243 g/mol. The summed E-state index contributed by atoms with van der Waals surface area (Å²) in [4.78, 5) is 13.9. The molecule has 17 heavy (non-hydrogen) atoms. The standard InChI is InChI=1S/C13H29N3O/c1-6-9-16(11(3)4)10-8-13(5,12(14)17)15-7-2/h11,15H,6-10H2,1-5H3,(H2,14,17). The van der Waals surface area contributed by atoms with Crippen molar-refractivity contribution in [3.05, 3.63) is 0 Å².